The van der Waals surface area contributed by atoms with Gasteiger partial charge in [0.2, 0.25) is 0 Å². The number of Topliss-reactive ketones (excluding diaryl/α,β-unsaturated/α-hetero) is 1. The van der Waals surface area contributed by atoms with Gasteiger partial charge < -0.3 is 10.7 Å². The number of carbonyl (C=O) groups is 1. The van der Waals surface area contributed by atoms with Crippen molar-refractivity contribution < 1.29 is 4.79 Å². The number of aryl methyl sites for hydroxylation is 1. The van der Waals surface area contributed by atoms with E-state index in [0.717, 1.165) is 23.3 Å². The van der Waals surface area contributed by atoms with Crippen LogP contribution in [0.2, 0.25) is 0 Å². The molecule has 0 spiro atoms. The summed E-state index contributed by atoms with van der Waals surface area (Å²) in [6.07, 6.45) is 0.856. The second kappa shape index (κ2) is 3.82. The molecule has 0 saturated heterocycles. The van der Waals surface area contributed by atoms with Gasteiger partial charge in [0.15, 0.2) is 5.78 Å². The number of aromatic amines is 1. The van der Waals surface area contributed by atoms with Gasteiger partial charge in [0.25, 0.3) is 0 Å². The van der Waals surface area contributed by atoms with E-state index in [9.17, 15) is 4.79 Å². The average Bonchev–Trinajstić information content (AvgIpc) is 2.69. The van der Waals surface area contributed by atoms with Crippen LogP contribution in [0, 0.1) is 0 Å². The standard InChI is InChI=1S/C11H13N3O/c1-2-11-13-8-4-3-7(10(15)6-12)5-9(8)14-11/h3-5H,2,6,12H2,1H3,(H,13,14). The van der Waals surface area contributed by atoms with Crippen LogP contribution in [0.1, 0.15) is 23.1 Å². The summed E-state index contributed by atoms with van der Waals surface area (Å²) in [5.74, 6) is 0.881. The number of hydrogen-bond donors (Lipinski definition) is 2. The van der Waals surface area contributed by atoms with Crippen molar-refractivity contribution in [3.05, 3.63) is 29.6 Å². The normalized spacial score (nSPS) is 10.8. The highest BCUT2D eigenvalue weighted by molar-refractivity contribution is 6.00. The Morgan fingerprint density at radius 1 is 1.53 bits per heavy atom. The van der Waals surface area contributed by atoms with E-state index in [0.29, 0.717) is 5.56 Å². The lowest BCUT2D eigenvalue weighted by Gasteiger charge is -1.96. The largest absolute Gasteiger partial charge is 0.342 e. The number of nitrogens with two attached hydrogens (primary N) is 1. The molecule has 1 aromatic heterocycles. The molecule has 4 nitrogen and oxygen atoms in total. The van der Waals surface area contributed by atoms with Crippen molar-refractivity contribution in [2.45, 2.75) is 13.3 Å². The number of imidazole rings is 1. The van der Waals surface area contributed by atoms with Crippen LogP contribution >= 0.6 is 0 Å². The van der Waals surface area contributed by atoms with E-state index in [4.69, 9.17) is 5.73 Å². The molecule has 1 aromatic carbocycles. The molecule has 3 N–H and O–H groups in total. The fourth-order valence-corrected chi connectivity index (χ4v) is 1.52. The van der Waals surface area contributed by atoms with Crippen molar-refractivity contribution in [1.29, 1.82) is 0 Å². The lowest BCUT2D eigenvalue weighted by Crippen LogP contribution is -2.13. The predicted molar refractivity (Wildman–Crippen MR) is 58.9 cm³/mol. The Hall–Kier alpha value is -1.68. The summed E-state index contributed by atoms with van der Waals surface area (Å²) in [6.45, 7) is 2.07. The molecule has 0 aliphatic heterocycles. The molecule has 0 radical (unpaired) electrons. The Bertz CT molecular complexity index is 502. The van der Waals surface area contributed by atoms with Crippen LogP contribution in [0.25, 0.3) is 11.0 Å². The highest BCUT2D eigenvalue weighted by Gasteiger charge is 2.06. The molecule has 2 aromatic rings. The van der Waals surface area contributed by atoms with Crippen LogP contribution in [0.5, 0.6) is 0 Å². The third-order valence-electron chi connectivity index (χ3n) is 2.37. The zero-order valence-corrected chi connectivity index (χ0v) is 8.58. The Kier molecular flexibility index (Phi) is 2.51. The van der Waals surface area contributed by atoms with Crippen LogP contribution in [-0.2, 0) is 6.42 Å². The first-order chi connectivity index (χ1) is 7.24. The first-order valence-corrected chi connectivity index (χ1v) is 4.96. The predicted octanol–water partition coefficient (Wildman–Crippen LogP) is 1.27. The molecule has 0 atom stereocenters. The maximum Gasteiger partial charge on any atom is 0.176 e. The number of fused-ring (bicyclic) bond motifs is 1. The number of nitrogens with one attached hydrogen (secondary N) is 1. The van der Waals surface area contributed by atoms with Gasteiger partial charge in [0, 0.05) is 12.0 Å². The van der Waals surface area contributed by atoms with Crippen molar-refractivity contribution >= 4 is 16.8 Å². The molecule has 0 aliphatic rings. The lowest BCUT2D eigenvalue weighted by atomic mass is 10.1. The topological polar surface area (TPSA) is 71.8 Å². The number of benzene rings is 1. The first kappa shape index (κ1) is 9.86. The van der Waals surface area contributed by atoms with Crippen LogP contribution in [0.15, 0.2) is 18.2 Å². The molecule has 0 bridgehead atoms. The van der Waals surface area contributed by atoms with Gasteiger partial charge in [-0.15, -0.1) is 0 Å². The number of H-pyrrole nitrogens is 1. The lowest BCUT2D eigenvalue weighted by molar-refractivity contribution is 0.100. The number of nitrogens with zero attached hydrogens (tertiary/aromatic N) is 1. The highest BCUT2D eigenvalue weighted by Crippen LogP contribution is 2.14. The molecular weight excluding hydrogens is 190 g/mol. The van der Waals surface area contributed by atoms with Gasteiger partial charge in [-0.05, 0) is 18.2 Å². The molecule has 0 aliphatic carbocycles. The summed E-state index contributed by atoms with van der Waals surface area (Å²) in [5, 5.41) is 0. The van der Waals surface area contributed by atoms with Gasteiger partial charge in [-0.1, -0.05) is 6.92 Å². The average molecular weight is 203 g/mol. The minimum atomic E-state index is -0.0513. The molecular formula is C11H13N3O. The van der Waals surface area contributed by atoms with Crippen molar-refractivity contribution in [1.82, 2.24) is 9.97 Å². The highest BCUT2D eigenvalue weighted by atomic mass is 16.1. The summed E-state index contributed by atoms with van der Waals surface area (Å²) in [6, 6.07) is 5.41. The van der Waals surface area contributed by atoms with E-state index >= 15 is 0 Å². The summed E-state index contributed by atoms with van der Waals surface area (Å²) >= 11 is 0. The monoisotopic (exact) mass is 203 g/mol. The Morgan fingerprint density at radius 2 is 2.33 bits per heavy atom. The Labute approximate surface area is 87.5 Å². The molecule has 78 valence electrons. The van der Waals surface area contributed by atoms with Gasteiger partial charge in [0.1, 0.15) is 5.82 Å². The SMILES string of the molecule is CCc1nc2ccc(C(=O)CN)cc2[nH]1. The Morgan fingerprint density at radius 3 is 3.00 bits per heavy atom. The minimum absolute atomic E-state index is 0.0419. The molecule has 0 saturated carbocycles. The Balaban J connectivity index is 2.50. The molecule has 2 rings (SSSR count). The first-order valence-electron chi connectivity index (χ1n) is 4.96. The van der Waals surface area contributed by atoms with E-state index in [-0.39, 0.29) is 12.3 Å². The van der Waals surface area contributed by atoms with E-state index in [1.54, 1.807) is 12.1 Å². The summed E-state index contributed by atoms with van der Waals surface area (Å²) in [5.41, 5.74) is 7.72. The molecule has 1 heterocycles. The van der Waals surface area contributed by atoms with Crippen molar-refractivity contribution in [3.63, 3.8) is 0 Å². The van der Waals surface area contributed by atoms with Crippen molar-refractivity contribution in [2.24, 2.45) is 5.73 Å². The zero-order valence-electron chi connectivity index (χ0n) is 8.58. The van der Waals surface area contributed by atoms with E-state index in [2.05, 4.69) is 9.97 Å². The molecule has 15 heavy (non-hydrogen) atoms. The van der Waals surface area contributed by atoms with Crippen LogP contribution < -0.4 is 5.73 Å². The number of hydrogen-bond acceptors (Lipinski definition) is 3. The van der Waals surface area contributed by atoms with Crippen LogP contribution in [-0.4, -0.2) is 22.3 Å². The third-order valence-corrected chi connectivity index (χ3v) is 2.37. The van der Waals surface area contributed by atoms with Crippen LogP contribution in [0.4, 0.5) is 0 Å². The minimum Gasteiger partial charge on any atom is -0.342 e. The summed E-state index contributed by atoms with van der Waals surface area (Å²) < 4.78 is 0. The zero-order chi connectivity index (χ0) is 10.8. The van der Waals surface area contributed by atoms with Gasteiger partial charge in [-0.2, -0.15) is 0 Å². The number of ketones is 1. The number of aromatic nitrogens is 2. The fourth-order valence-electron chi connectivity index (χ4n) is 1.52. The molecule has 0 fully saturated rings. The van der Waals surface area contributed by atoms with Gasteiger partial charge >= 0.3 is 0 Å². The molecule has 0 amide bonds. The van der Waals surface area contributed by atoms with Gasteiger partial charge in [-0.25, -0.2) is 4.98 Å². The third kappa shape index (κ3) is 1.76. The summed E-state index contributed by atoms with van der Waals surface area (Å²) in [4.78, 5) is 18.9. The molecule has 4 heteroatoms. The number of rotatable bonds is 3. The van der Waals surface area contributed by atoms with E-state index < -0.39 is 0 Å². The van der Waals surface area contributed by atoms with Crippen molar-refractivity contribution in [2.75, 3.05) is 6.54 Å². The van der Waals surface area contributed by atoms with Crippen LogP contribution in [0.3, 0.4) is 0 Å². The number of carbonyl (C=O) groups excluding carboxylic acids is 1. The van der Waals surface area contributed by atoms with E-state index in [1.807, 2.05) is 13.0 Å². The maximum absolute atomic E-state index is 11.4. The molecule has 0 unspecified atom stereocenters. The fraction of sp³-hybridized carbons (Fsp3) is 0.273. The smallest absolute Gasteiger partial charge is 0.176 e. The van der Waals surface area contributed by atoms with E-state index in [1.165, 1.54) is 0 Å². The quantitative estimate of drug-likeness (QED) is 0.738. The van der Waals surface area contributed by atoms with Gasteiger partial charge in [-0.3, -0.25) is 4.79 Å². The van der Waals surface area contributed by atoms with Gasteiger partial charge in [0.05, 0.1) is 17.6 Å². The maximum atomic E-state index is 11.4. The second-order valence-electron chi connectivity index (χ2n) is 3.40. The van der Waals surface area contributed by atoms with Crippen molar-refractivity contribution in [3.8, 4) is 0 Å². The summed E-state index contributed by atoms with van der Waals surface area (Å²) in [7, 11) is 0. The second-order valence-corrected chi connectivity index (χ2v) is 3.40.